The highest BCUT2D eigenvalue weighted by Crippen LogP contribution is 2.41. The molecule has 0 amide bonds. The number of halogens is 1. The van der Waals surface area contributed by atoms with Crippen LogP contribution in [0, 0.1) is 19.3 Å². The van der Waals surface area contributed by atoms with Crippen molar-refractivity contribution < 1.29 is 9.59 Å². The van der Waals surface area contributed by atoms with Crippen molar-refractivity contribution >= 4 is 27.5 Å². The van der Waals surface area contributed by atoms with Crippen LogP contribution >= 0.6 is 15.9 Å². The SMILES string of the molecule is CC(=O)C1(C)Cc2cc(C)c(Br)c(C)c2C1=O. The maximum atomic E-state index is 12.4. The summed E-state index contributed by atoms with van der Waals surface area (Å²) in [7, 11) is 0. The first-order chi connectivity index (χ1) is 7.79. The van der Waals surface area contributed by atoms with Gasteiger partial charge < -0.3 is 0 Å². The summed E-state index contributed by atoms with van der Waals surface area (Å²) in [6.45, 7) is 7.19. The fourth-order valence-electron chi connectivity index (χ4n) is 2.52. The molecule has 1 atom stereocenters. The largest absolute Gasteiger partial charge is 0.299 e. The summed E-state index contributed by atoms with van der Waals surface area (Å²) >= 11 is 3.50. The number of aryl methyl sites for hydroxylation is 1. The van der Waals surface area contributed by atoms with Crippen LogP contribution in [-0.2, 0) is 11.2 Å². The van der Waals surface area contributed by atoms with Gasteiger partial charge in [0.1, 0.15) is 5.78 Å². The number of Topliss-reactive ketones (excluding diaryl/α,β-unsaturated/α-hetero) is 2. The van der Waals surface area contributed by atoms with Crippen LogP contribution < -0.4 is 0 Å². The van der Waals surface area contributed by atoms with Gasteiger partial charge in [-0.15, -0.1) is 0 Å². The first-order valence-electron chi connectivity index (χ1n) is 5.63. The van der Waals surface area contributed by atoms with Gasteiger partial charge in [0.15, 0.2) is 5.78 Å². The number of hydrogen-bond acceptors (Lipinski definition) is 2. The Morgan fingerprint density at radius 3 is 2.53 bits per heavy atom. The van der Waals surface area contributed by atoms with E-state index in [0.717, 1.165) is 26.7 Å². The molecule has 90 valence electrons. The lowest BCUT2D eigenvalue weighted by Crippen LogP contribution is -2.32. The Bertz CT molecular complexity index is 546. The van der Waals surface area contributed by atoms with Crippen molar-refractivity contribution in [3.63, 3.8) is 0 Å². The summed E-state index contributed by atoms with van der Waals surface area (Å²) in [5.74, 6) is -0.0786. The predicted molar refractivity (Wildman–Crippen MR) is 70.4 cm³/mol. The van der Waals surface area contributed by atoms with E-state index in [-0.39, 0.29) is 11.6 Å². The number of fused-ring (bicyclic) bond motifs is 1. The monoisotopic (exact) mass is 294 g/mol. The molecule has 3 heteroatoms. The van der Waals surface area contributed by atoms with Crippen LogP contribution in [0.1, 0.15) is 40.9 Å². The average Bonchev–Trinajstić information content (AvgIpc) is 2.49. The highest BCUT2D eigenvalue weighted by Gasteiger charge is 2.46. The molecule has 0 saturated heterocycles. The standard InChI is InChI=1S/C14H15BrO2/c1-7-5-10-6-14(4,9(3)16)13(17)11(10)8(2)12(7)15/h5H,6H2,1-4H3. The van der Waals surface area contributed by atoms with E-state index in [1.165, 1.54) is 6.92 Å². The Morgan fingerprint density at radius 1 is 1.41 bits per heavy atom. The Balaban J connectivity index is 2.69. The maximum Gasteiger partial charge on any atom is 0.177 e. The summed E-state index contributed by atoms with van der Waals surface area (Å²) in [5, 5.41) is 0. The lowest BCUT2D eigenvalue weighted by atomic mass is 9.82. The number of ketones is 2. The van der Waals surface area contributed by atoms with Gasteiger partial charge in [-0.25, -0.2) is 0 Å². The molecule has 2 rings (SSSR count). The van der Waals surface area contributed by atoms with E-state index in [4.69, 9.17) is 0 Å². The van der Waals surface area contributed by atoms with Crippen LogP contribution in [0.5, 0.6) is 0 Å². The van der Waals surface area contributed by atoms with Gasteiger partial charge >= 0.3 is 0 Å². The third kappa shape index (κ3) is 1.60. The molecule has 1 aliphatic rings. The number of benzene rings is 1. The van der Waals surface area contributed by atoms with E-state index in [1.807, 2.05) is 19.9 Å². The van der Waals surface area contributed by atoms with Crippen LogP contribution in [0.4, 0.5) is 0 Å². The lowest BCUT2D eigenvalue weighted by molar-refractivity contribution is -0.123. The van der Waals surface area contributed by atoms with Crippen molar-refractivity contribution in [2.24, 2.45) is 5.41 Å². The van der Waals surface area contributed by atoms with Crippen molar-refractivity contribution in [2.45, 2.75) is 34.1 Å². The minimum Gasteiger partial charge on any atom is -0.299 e. The van der Waals surface area contributed by atoms with Crippen molar-refractivity contribution in [1.29, 1.82) is 0 Å². The Hall–Kier alpha value is -0.960. The fourth-order valence-corrected chi connectivity index (χ4v) is 2.83. The second-order valence-electron chi connectivity index (χ2n) is 5.06. The minimum absolute atomic E-state index is 0.0294. The third-order valence-corrected chi connectivity index (χ3v) is 5.03. The molecule has 2 nitrogen and oxygen atoms in total. The van der Waals surface area contributed by atoms with Gasteiger partial charge in [-0.05, 0) is 50.8 Å². The van der Waals surface area contributed by atoms with Crippen LogP contribution in [0.2, 0.25) is 0 Å². The Morgan fingerprint density at radius 2 is 2.00 bits per heavy atom. The summed E-state index contributed by atoms with van der Waals surface area (Å²) in [5.41, 5.74) is 2.95. The maximum absolute atomic E-state index is 12.4. The van der Waals surface area contributed by atoms with Crippen LogP contribution in [0.25, 0.3) is 0 Å². The number of carbonyl (C=O) groups is 2. The first kappa shape index (κ1) is 12.5. The summed E-state index contributed by atoms with van der Waals surface area (Å²) in [6, 6.07) is 2.01. The highest BCUT2D eigenvalue weighted by molar-refractivity contribution is 9.10. The van der Waals surface area contributed by atoms with E-state index >= 15 is 0 Å². The molecule has 0 N–H and O–H groups in total. The van der Waals surface area contributed by atoms with E-state index < -0.39 is 5.41 Å². The molecule has 0 aliphatic heterocycles. The van der Waals surface area contributed by atoms with Crippen molar-refractivity contribution in [3.8, 4) is 0 Å². The topological polar surface area (TPSA) is 34.1 Å². The molecule has 1 unspecified atom stereocenters. The van der Waals surface area contributed by atoms with E-state index in [9.17, 15) is 9.59 Å². The molecular weight excluding hydrogens is 280 g/mol. The van der Waals surface area contributed by atoms with Gasteiger partial charge in [0.25, 0.3) is 0 Å². The fraction of sp³-hybridized carbons (Fsp3) is 0.429. The predicted octanol–water partition coefficient (Wildman–Crippen LogP) is 3.40. The van der Waals surface area contributed by atoms with Crippen molar-refractivity contribution in [2.75, 3.05) is 0 Å². The van der Waals surface area contributed by atoms with E-state index in [0.29, 0.717) is 6.42 Å². The Kier molecular flexibility index (Phi) is 2.77. The molecular formula is C14H15BrO2. The number of rotatable bonds is 1. The molecule has 0 radical (unpaired) electrons. The number of hydrogen-bond donors (Lipinski definition) is 0. The average molecular weight is 295 g/mol. The molecule has 17 heavy (non-hydrogen) atoms. The molecule has 0 fully saturated rings. The zero-order chi connectivity index (χ0) is 13.0. The minimum atomic E-state index is -0.861. The number of carbonyl (C=O) groups excluding carboxylic acids is 2. The van der Waals surface area contributed by atoms with Crippen LogP contribution in [0.3, 0.4) is 0 Å². The van der Waals surface area contributed by atoms with Gasteiger partial charge in [-0.3, -0.25) is 9.59 Å². The molecule has 1 aliphatic carbocycles. The Labute approximate surface area is 110 Å². The normalized spacial score (nSPS) is 22.8. The second-order valence-corrected chi connectivity index (χ2v) is 5.85. The molecule has 0 saturated carbocycles. The molecule has 1 aromatic carbocycles. The lowest BCUT2D eigenvalue weighted by Gasteiger charge is -2.17. The first-order valence-corrected chi connectivity index (χ1v) is 6.42. The van der Waals surface area contributed by atoms with Crippen LogP contribution in [0.15, 0.2) is 10.5 Å². The van der Waals surface area contributed by atoms with Crippen LogP contribution in [-0.4, -0.2) is 11.6 Å². The van der Waals surface area contributed by atoms with Crippen molar-refractivity contribution in [3.05, 3.63) is 32.8 Å². The molecule has 0 bridgehead atoms. The van der Waals surface area contributed by atoms with Gasteiger partial charge in [0.05, 0.1) is 5.41 Å². The van der Waals surface area contributed by atoms with Gasteiger partial charge in [0.2, 0.25) is 0 Å². The quantitative estimate of drug-likeness (QED) is 0.744. The van der Waals surface area contributed by atoms with Gasteiger partial charge in [0, 0.05) is 10.0 Å². The smallest absolute Gasteiger partial charge is 0.177 e. The van der Waals surface area contributed by atoms with E-state index in [1.54, 1.807) is 6.92 Å². The zero-order valence-corrected chi connectivity index (χ0v) is 12.1. The van der Waals surface area contributed by atoms with Gasteiger partial charge in [-0.2, -0.15) is 0 Å². The molecule has 0 heterocycles. The van der Waals surface area contributed by atoms with Crippen molar-refractivity contribution in [1.82, 2.24) is 0 Å². The zero-order valence-electron chi connectivity index (χ0n) is 10.5. The molecule has 1 aromatic rings. The van der Waals surface area contributed by atoms with Gasteiger partial charge in [-0.1, -0.05) is 22.0 Å². The summed E-state index contributed by atoms with van der Waals surface area (Å²) in [6.07, 6.45) is 0.533. The highest BCUT2D eigenvalue weighted by atomic mass is 79.9. The molecule has 0 spiro atoms. The second kappa shape index (κ2) is 3.77. The summed E-state index contributed by atoms with van der Waals surface area (Å²) in [4.78, 5) is 24.1. The van der Waals surface area contributed by atoms with E-state index in [2.05, 4.69) is 15.9 Å². The molecule has 0 aromatic heterocycles. The third-order valence-electron chi connectivity index (χ3n) is 3.81. The summed E-state index contributed by atoms with van der Waals surface area (Å²) < 4.78 is 0.970.